The van der Waals surface area contributed by atoms with Crippen molar-refractivity contribution in [2.24, 2.45) is 0 Å². The Bertz CT molecular complexity index is 657. The van der Waals surface area contributed by atoms with Crippen molar-refractivity contribution in [2.75, 3.05) is 36.5 Å². The molecule has 0 amide bonds. The topological polar surface area (TPSA) is 55.7 Å². The van der Waals surface area contributed by atoms with Crippen molar-refractivity contribution in [3.05, 3.63) is 60.2 Å². The summed E-state index contributed by atoms with van der Waals surface area (Å²) in [4.78, 5) is 3.25. The maximum atomic E-state index is 9.12. The van der Waals surface area contributed by atoms with Gasteiger partial charge in [-0.2, -0.15) is 0 Å². The third kappa shape index (κ3) is 4.12. The number of benzene rings is 2. The molecule has 0 spiro atoms. The van der Waals surface area contributed by atoms with Crippen molar-refractivity contribution in [2.45, 2.75) is 10.3 Å². The number of aliphatic hydroxyl groups is 2. The predicted molar refractivity (Wildman–Crippen MR) is 102 cm³/mol. The average molecular weight is 342 g/mol. The van der Waals surface area contributed by atoms with Crippen molar-refractivity contribution in [3.63, 3.8) is 0 Å². The summed E-state index contributed by atoms with van der Waals surface area (Å²) in [7, 11) is 0. The minimum Gasteiger partial charge on any atom is -0.395 e. The molecule has 4 nitrogen and oxygen atoms in total. The van der Waals surface area contributed by atoms with E-state index >= 15 is 0 Å². The molecule has 0 radical (unpaired) electrons. The van der Waals surface area contributed by atoms with Crippen LogP contribution in [0, 0.1) is 0 Å². The van der Waals surface area contributed by atoms with Crippen LogP contribution >= 0.6 is 11.8 Å². The van der Waals surface area contributed by atoms with E-state index in [0.717, 1.165) is 11.3 Å². The molecule has 1 aliphatic rings. The van der Waals surface area contributed by atoms with Gasteiger partial charge in [0.15, 0.2) is 0 Å². The van der Waals surface area contributed by atoms with Gasteiger partial charge in [0, 0.05) is 29.4 Å². The van der Waals surface area contributed by atoms with Crippen LogP contribution in [-0.4, -0.2) is 41.9 Å². The first kappa shape index (κ1) is 16.9. The number of hydrogen-bond donors (Lipinski definition) is 3. The van der Waals surface area contributed by atoms with Gasteiger partial charge in [-0.25, -0.2) is 0 Å². The van der Waals surface area contributed by atoms with Crippen LogP contribution < -0.4 is 10.2 Å². The van der Waals surface area contributed by atoms with Crippen LogP contribution in [-0.2, 0) is 0 Å². The highest BCUT2D eigenvalue weighted by molar-refractivity contribution is 8.00. The first-order valence-corrected chi connectivity index (χ1v) is 8.95. The Morgan fingerprint density at radius 1 is 1.00 bits per heavy atom. The van der Waals surface area contributed by atoms with Gasteiger partial charge >= 0.3 is 0 Å². The molecule has 126 valence electrons. The molecule has 2 aromatic rings. The zero-order valence-electron chi connectivity index (χ0n) is 13.4. The fourth-order valence-electron chi connectivity index (χ4n) is 2.70. The van der Waals surface area contributed by atoms with Gasteiger partial charge in [-0.15, -0.1) is 0 Å². The molecular weight excluding hydrogens is 320 g/mol. The van der Waals surface area contributed by atoms with Crippen LogP contribution in [0.5, 0.6) is 0 Å². The minimum absolute atomic E-state index is 0.0762. The number of nitrogens with zero attached hydrogens (tertiary/aromatic N) is 1. The summed E-state index contributed by atoms with van der Waals surface area (Å²) in [6.45, 7) is 1.20. The lowest BCUT2D eigenvalue weighted by atomic mass is 10.1. The van der Waals surface area contributed by atoms with E-state index in [0.29, 0.717) is 13.1 Å². The number of thioether (sulfide) groups is 1. The molecule has 0 aliphatic carbocycles. The second-order valence-corrected chi connectivity index (χ2v) is 6.75. The molecule has 1 unspecified atom stereocenters. The molecule has 1 heterocycles. The lowest BCUT2D eigenvalue weighted by Crippen LogP contribution is -2.29. The summed E-state index contributed by atoms with van der Waals surface area (Å²) in [5.41, 5.74) is 3.33. The number of hydrogen-bond acceptors (Lipinski definition) is 5. The molecule has 0 saturated carbocycles. The summed E-state index contributed by atoms with van der Waals surface area (Å²) in [5.74, 6) is 0. The largest absolute Gasteiger partial charge is 0.395 e. The lowest BCUT2D eigenvalue weighted by Gasteiger charge is -2.22. The fraction of sp³-hybridized carbons (Fsp3) is 0.263. The summed E-state index contributed by atoms with van der Waals surface area (Å²) < 4.78 is 0. The third-order valence-electron chi connectivity index (χ3n) is 3.90. The van der Waals surface area contributed by atoms with Crippen LogP contribution in [0.3, 0.4) is 0 Å². The van der Waals surface area contributed by atoms with Gasteiger partial charge in [0.25, 0.3) is 0 Å². The van der Waals surface area contributed by atoms with E-state index in [1.165, 1.54) is 10.6 Å². The van der Waals surface area contributed by atoms with E-state index in [4.69, 9.17) is 10.2 Å². The Kier molecular flexibility index (Phi) is 5.80. The smallest absolute Gasteiger partial charge is 0.0960 e. The molecule has 0 aromatic heterocycles. The highest BCUT2D eigenvalue weighted by Gasteiger charge is 2.17. The number of aliphatic hydroxyl groups excluding tert-OH is 2. The van der Waals surface area contributed by atoms with Crippen LogP contribution in [0.2, 0.25) is 0 Å². The summed E-state index contributed by atoms with van der Waals surface area (Å²) in [6, 6.07) is 16.5. The maximum absolute atomic E-state index is 9.12. The molecule has 24 heavy (non-hydrogen) atoms. The Balaban J connectivity index is 1.62. The monoisotopic (exact) mass is 342 g/mol. The van der Waals surface area contributed by atoms with Gasteiger partial charge in [-0.3, -0.25) is 0 Å². The van der Waals surface area contributed by atoms with Crippen molar-refractivity contribution in [1.29, 1.82) is 0 Å². The fourth-order valence-corrected chi connectivity index (χ4v) is 3.73. The Morgan fingerprint density at radius 2 is 1.71 bits per heavy atom. The third-order valence-corrected chi connectivity index (χ3v) is 5.04. The van der Waals surface area contributed by atoms with Crippen molar-refractivity contribution >= 4 is 29.2 Å². The van der Waals surface area contributed by atoms with Gasteiger partial charge in [0.2, 0.25) is 0 Å². The number of fused-ring (bicyclic) bond motifs is 1. The molecular formula is C19H22N2O2S. The zero-order valence-corrected chi connectivity index (χ0v) is 14.2. The number of nitrogens with one attached hydrogen (secondary N) is 1. The van der Waals surface area contributed by atoms with E-state index in [-0.39, 0.29) is 18.6 Å². The van der Waals surface area contributed by atoms with Crippen molar-refractivity contribution in [3.8, 4) is 0 Å². The van der Waals surface area contributed by atoms with Crippen LogP contribution in [0.15, 0.2) is 59.5 Å². The standard InChI is InChI=1S/C19H22N2O2S/c22-13-11-21(12-14-23)16-8-5-15(6-9-16)7-10-19-20-17-3-1-2-4-18(17)24-19/h1-10,19-20,22-23H,11-14H2/b10-7+. The number of anilines is 2. The zero-order chi connectivity index (χ0) is 16.8. The SMILES string of the molecule is OCCN(CCO)c1ccc(/C=C/C2Nc3ccccc3S2)cc1. The number of para-hydroxylation sites is 1. The van der Waals surface area contributed by atoms with Crippen LogP contribution in [0.1, 0.15) is 5.56 Å². The van der Waals surface area contributed by atoms with E-state index in [9.17, 15) is 0 Å². The van der Waals surface area contributed by atoms with E-state index in [1.807, 2.05) is 34.9 Å². The van der Waals surface area contributed by atoms with Crippen LogP contribution in [0.4, 0.5) is 11.4 Å². The molecule has 3 rings (SSSR count). The Labute approximate surface area is 146 Å². The highest BCUT2D eigenvalue weighted by Crippen LogP contribution is 2.38. The first-order valence-electron chi connectivity index (χ1n) is 8.07. The summed E-state index contributed by atoms with van der Waals surface area (Å²) in [6.07, 6.45) is 4.28. The molecule has 0 bridgehead atoms. The predicted octanol–water partition coefficient (Wildman–Crippen LogP) is 3.03. The first-order chi connectivity index (χ1) is 11.8. The highest BCUT2D eigenvalue weighted by atomic mass is 32.2. The average Bonchev–Trinajstić information content (AvgIpc) is 3.03. The van der Waals surface area contributed by atoms with E-state index in [2.05, 4.69) is 47.8 Å². The van der Waals surface area contributed by atoms with Gasteiger partial charge in [-0.1, -0.05) is 48.2 Å². The molecule has 1 atom stereocenters. The Morgan fingerprint density at radius 3 is 2.38 bits per heavy atom. The second-order valence-electron chi connectivity index (χ2n) is 5.56. The van der Waals surface area contributed by atoms with Gasteiger partial charge < -0.3 is 20.4 Å². The second kappa shape index (κ2) is 8.24. The molecule has 5 heteroatoms. The van der Waals surface area contributed by atoms with Crippen LogP contribution in [0.25, 0.3) is 6.08 Å². The molecule has 3 N–H and O–H groups in total. The van der Waals surface area contributed by atoms with Gasteiger partial charge in [0.05, 0.1) is 18.6 Å². The Hall–Kier alpha value is -1.95. The van der Waals surface area contributed by atoms with E-state index in [1.54, 1.807) is 0 Å². The number of rotatable bonds is 7. The molecule has 0 saturated heterocycles. The molecule has 1 aliphatic heterocycles. The molecule has 2 aromatic carbocycles. The summed E-state index contributed by atoms with van der Waals surface area (Å²) in [5, 5.41) is 22.0. The van der Waals surface area contributed by atoms with Gasteiger partial charge in [0.1, 0.15) is 0 Å². The van der Waals surface area contributed by atoms with Crippen molar-refractivity contribution in [1.82, 2.24) is 0 Å². The van der Waals surface area contributed by atoms with E-state index < -0.39 is 0 Å². The molecule has 0 fully saturated rings. The van der Waals surface area contributed by atoms with Crippen molar-refractivity contribution < 1.29 is 10.2 Å². The lowest BCUT2D eigenvalue weighted by molar-refractivity contribution is 0.281. The maximum Gasteiger partial charge on any atom is 0.0960 e. The normalized spacial score (nSPS) is 16.2. The van der Waals surface area contributed by atoms with Gasteiger partial charge in [-0.05, 0) is 29.8 Å². The minimum atomic E-state index is 0.0762. The quantitative estimate of drug-likeness (QED) is 0.722. The summed E-state index contributed by atoms with van der Waals surface area (Å²) >= 11 is 1.81.